The molecule has 0 spiro atoms. The first-order chi connectivity index (χ1) is 12.9. The first-order valence-corrected chi connectivity index (χ1v) is 10.2. The maximum atomic E-state index is 12.3. The number of sulfonamides is 1. The van der Waals surface area contributed by atoms with Gasteiger partial charge >= 0.3 is 0 Å². The van der Waals surface area contributed by atoms with Crippen LogP contribution in [-0.4, -0.2) is 51.3 Å². The summed E-state index contributed by atoms with van der Waals surface area (Å²) < 4.78 is 36.4. The lowest BCUT2D eigenvalue weighted by atomic mass is 10.2. The van der Waals surface area contributed by atoms with E-state index in [4.69, 9.17) is 9.47 Å². The van der Waals surface area contributed by atoms with Gasteiger partial charge in [0.05, 0.1) is 6.54 Å². The Morgan fingerprint density at radius 2 is 1.89 bits per heavy atom. The van der Waals surface area contributed by atoms with Crippen molar-refractivity contribution in [3.05, 3.63) is 41.3 Å². The van der Waals surface area contributed by atoms with Crippen molar-refractivity contribution in [1.29, 1.82) is 0 Å². The molecule has 0 saturated heterocycles. The molecular formula is C16H17N3O6S2. The highest BCUT2D eigenvalue weighted by Crippen LogP contribution is 2.30. The molecule has 1 aromatic heterocycles. The number of hydrazine groups is 1. The van der Waals surface area contributed by atoms with E-state index >= 15 is 0 Å². The van der Waals surface area contributed by atoms with Gasteiger partial charge in [-0.05, 0) is 29.6 Å². The third-order valence-electron chi connectivity index (χ3n) is 3.65. The summed E-state index contributed by atoms with van der Waals surface area (Å²) in [5.41, 5.74) is 4.70. The lowest BCUT2D eigenvalue weighted by Crippen LogP contribution is -2.46. The van der Waals surface area contributed by atoms with Crippen LogP contribution in [0.5, 0.6) is 11.5 Å². The lowest BCUT2D eigenvalue weighted by Gasteiger charge is -2.19. The average Bonchev–Trinajstić information content (AvgIpc) is 3.21. The number of likely N-dealkylation sites (N-methyl/N-ethyl adjacent to an activating group) is 1. The monoisotopic (exact) mass is 411 g/mol. The van der Waals surface area contributed by atoms with Crippen molar-refractivity contribution in [2.75, 3.05) is 26.8 Å². The largest absolute Gasteiger partial charge is 0.486 e. The van der Waals surface area contributed by atoms with Crippen molar-refractivity contribution in [3.63, 3.8) is 0 Å². The van der Waals surface area contributed by atoms with Crippen LogP contribution in [0.4, 0.5) is 0 Å². The van der Waals surface area contributed by atoms with Gasteiger partial charge in [0.25, 0.3) is 21.8 Å². The van der Waals surface area contributed by atoms with E-state index in [1.54, 1.807) is 17.5 Å². The summed E-state index contributed by atoms with van der Waals surface area (Å²) in [5, 5.41) is 1.63. The van der Waals surface area contributed by atoms with Gasteiger partial charge in [0, 0.05) is 12.6 Å². The van der Waals surface area contributed by atoms with Gasteiger partial charge in [-0.2, -0.15) is 4.31 Å². The van der Waals surface area contributed by atoms with Crippen molar-refractivity contribution >= 4 is 33.2 Å². The number of amides is 2. The minimum atomic E-state index is -3.74. The Balaban J connectivity index is 1.55. The van der Waals surface area contributed by atoms with Crippen LogP contribution in [0.3, 0.4) is 0 Å². The third-order valence-corrected chi connectivity index (χ3v) is 6.82. The molecule has 0 fully saturated rings. The summed E-state index contributed by atoms with van der Waals surface area (Å²) in [7, 11) is -2.45. The van der Waals surface area contributed by atoms with E-state index in [1.807, 2.05) is 0 Å². The molecule has 2 amide bonds. The van der Waals surface area contributed by atoms with Gasteiger partial charge in [0.15, 0.2) is 11.5 Å². The molecule has 2 aromatic rings. The summed E-state index contributed by atoms with van der Waals surface area (Å²) in [5.74, 6) is -0.253. The molecule has 0 radical (unpaired) electrons. The highest BCUT2D eigenvalue weighted by molar-refractivity contribution is 7.91. The van der Waals surface area contributed by atoms with Crippen LogP contribution >= 0.6 is 11.3 Å². The Labute approximate surface area is 159 Å². The zero-order valence-electron chi connectivity index (χ0n) is 14.3. The van der Waals surface area contributed by atoms with Crippen LogP contribution < -0.4 is 20.3 Å². The van der Waals surface area contributed by atoms with Crippen LogP contribution in [0.15, 0.2) is 39.9 Å². The molecule has 0 aliphatic carbocycles. The molecule has 144 valence electrons. The quantitative estimate of drug-likeness (QED) is 0.697. The van der Waals surface area contributed by atoms with E-state index in [1.165, 1.54) is 25.2 Å². The normalized spacial score (nSPS) is 13.3. The molecule has 9 nitrogen and oxygen atoms in total. The average molecular weight is 411 g/mol. The Hall–Kier alpha value is -2.63. The zero-order chi connectivity index (χ0) is 19.4. The van der Waals surface area contributed by atoms with Crippen molar-refractivity contribution in [1.82, 2.24) is 15.2 Å². The van der Waals surface area contributed by atoms with Crippen LogP contribution in [0.1, 0.15) is 10.4 Å². The molecule has 1 aromatic carbocycles. The number of benzene rings is 1. The van der Waals surface area contributed by atoms with Crippen LogP contribution in [-0.2, 0) is 14.8 Å². The van der Waals surface area contributed by atoms with Crippen molar-refractivity contribution in [3.8, 4) is 11.5 Å². The number of hydrogen-bond acceptors (Lipinski definition) is 7. The van der Waals surface area contributed by atoms with E-state index in [0.29, 0.717) is 24.7 Å². The third kappa shape index (κ3) is 4.38. The molecule has 27 heavy (non-hydrogen) atoms. The fourth-order valence-electron chi connectivity index (χ4n) is 2.27. The van der Waals surface area contributed by atoms with Gasteiger partial charge in [-0.1, -0.05) is 6.07 Å². The second-order valence-electron chi connectivity index (χ2n) is 5.55. The molecule has 0 saturated carbocycles. The predicted molar refractivity (Wildman–Crippen MR) is 97.2 cm³/mol. The van der Waals surface area contributed by atoms with Crippen molar-refractivity contribution in [2.24, 2.45) is 0 Å². The molecular weight excluding hydrogens is 394 g/mol. The second kappa shape index (κ2) is 7.94. The van der Waals surface area contributed by atoms with Gasteiger partial charge in [0.1, 0.15) is 17.4 Å². The predicted octanol–water partition coefficient (Wildman–Crippen LogP) is 0.601. The Morgan fingerprint density at radius 1 is 1.15 bits per heavy atom. The first-order valence-electron chi connectivity index (χ1n) is 7.86. The minimum absolute atomic E-state index is 0.137. The maximum absolute atomic E-state index is 12.3. The molecule has 11 heteroatoms. The Kier molecular flexibility index (Phi) is 5.63. The molecule has 3 rings (SSSR count). The summed E-state index contributed by atoms with van der Waals surface area (Å²) >= 11 is 1.06. The van der Waals surface area contributed by atoms with Gasteiger partial charge in [-0.25, -0.2) is 8.42 Å². The van der Waals surface area contributed by atoms with E-state index in [9.17, 15) is 18.0 Å². The maximum Gasteiger partial charge on any atom is 0.269 e. The molecule has 0 unspecified atom stereocenters. The topological polar surface area (TPSA) is 114 Å². The van der Waals surface area contributed by atoms with E-state index in [2.05, 4.69) is 10.9 Å². The van der Waals surface area contributed by atoms with Gasteiger partial charge in [-0.15, -0.1) is 11.3 Å². The zero-order valence-corrected chi connectivity index (χ0v) is 15.9. The summed E-state index contributed by atoms with van der Waals surface area (Å²) in [6.07, 6.45) is 0. The number of rotatable bonds is 5. The number of hydrogen-bond donors (Lipinski definition) is 2. The first kappa shape index (κ1) is 19.1. The fourth-order valence-corrected chi connectivity index (χ4v) is 4.60. The van der Waals surface area contributed by atoms with E-state index in [0.717, 1.165) is 15.6 Å². The SMILES string of the molecule is CN(CC(=O)NNC(=O)c1ccc2c(c1)OCCO2)S(=O)(=O)c1cccs1. The number of carbonyl (C=O) groups is 2. The van der Waals surface area contributed by atoms with Gasteiger partial charge < -0.3 is 9.47 Å². The molecule has 0 bridgehead atoms. The number of ether oxygens (including phenoxy) is 2. The molecule has 2 heterocycles. The molecule has 1 aliphatic rings. The lowest BCUT2D eigenvalue weighted by molar-refractivity contribution is -0.121. The number of nitrogens with zero attached hydrogens (tertiary/aromatic N) is 1. The minimum Gasteiger partial charge on any atom is -0.486 e. The van der Waals surface area contributed by atoms with Crippen LogP contribution in [0, 0.1) is 0 Å². The van der Waals surface area contributed by atoms with Crippen LogP contribution in [0.25, 0.3) is 0 Å². The van der Waals surface area contributed by atoms with Gasteiger partial charge in [0.2, 0.25) is 0 Å². The summed E-state index contributed by atoms with van der Waals surface area (Å²) in [6.45, 7) is 0.387. The highest BCUT2D eigenvalue weighted by Gasteiger charge is 2.24. The molecule has 2 N–H and O–H groups in total. The van der Waals surface area contributed by atoms with E-state index < -0.39 is 28.4 Å². The molecule has 0 atom stereocenters. The standard InChI is InChI=1S/C16H17N3O6S2/c1-19(27(22,23)15-3-2-8-26-15)10-14(20)17-18-16(21)11-4-5-12-13(9-11)25-7-6-24-12/h2-5,8-9H,6-7,10H2,1H3,(H,17,20)(H,18,21). The molecule has 1 aliphatic heterocycles. The summed E-state index contributed by atoms with van der Waals surface area (Å²) in [6, 6.07) is 7.70. The number of nitrogens with one attached hydrogen (secondary N) is 2. The Bertz CT molecular complexity index is 943. The second-order valence-corrected chi connectivity index (χ2v) is 8.77. The van der Waals surface area contributed by atoms with Crippen LogP contribution in [0.2, 0.25) is 0 Å². The summed E-state index contributed by atoms with van der Waals surface area (Å²) in [4.78, 5) is 24.1. The fraction of sp³-hybridized carbons (Fsp3) is 0.250. The van der Waals surface area contributed by atoms with Gasteiger partial charge in [-0.3, -0.25) is 20.4 Å². The van der Waals surface area contributed by atoms with Crippen molar-refractivity contribution in [2.45, 2.75) is 4.21 Å². The van der Waals surface area contributed by atoms with E-state index in [-0.39, 0.29) is 9.77 Å². The number of fused-ring (bicyclic) bond motifs is 1. The smallest absolute Gasteiger partial charge is 0.269 e. The van der Waals surface area contributed by atoms with Crippen molar-refractivity contribution < 1.29 is 27.5 Å². The number of carbonyl (C=O) groups excluding carboxylic acids is 2. The highest BCUT2D eigenvalue weighted by atomic mass is 32.2. The Morgan fingerprint density at radius 3 is 2.59 bits per heavy atom. The number of thiophene rings is 1.